The molecule has 0 aliphatic heterocycles. The topological polar surface area (TPSA) is 48.7 Å². The summed E-state index contributed by atoms with van der Waals surface area (Å²) in [5.74, 6) is -1.99. The number of hydrogen-bond acceptors (Lipinski definition) is 4. The molecule has 1 aromatic heterocycles. The fourth-order valence-corrected chi connectivity index (χ4v) is 3.37. The van der Waals surface area contributed by atoms with E-state index in [9.17, 15) is 18.0 Å². The van der Waals surface area contributed by atoms with Gasteiger partial charge in [0.2, 0.25) is 11.2 Å². The van der Waals surface area contributed by atoms with Crippen LogP contribution in [0.4, 0.5) is 13.2 Å². The maximum absolute atomic E-state index is 13.7. The monoisotopic (exact) mass is 454 g/mol. The molecule has 0 bridgehead atoms. The van der Waals surface area contributed by atoms with Crippen molar-refractivity contribution in [3.8, 4) is 17.2 Å². The highest BCUT2D eigenvalue weighted by atomic mass is 19.4. The van der Waals surface area contributed by atoms with E-state index in [0.717, 1.165) is 23.1 Å². The summed E-state index contributed by atoms with van der Waals surface area (Å²) in [7, 11) is 0. The molecule has 0 N–H and O–H groups in total. The molecule has 3 aromatic carbocycles. The average Bonchev–Trinajstić information content (AvgIpc) is 2.80. The van der Waals surface area contributed by atoms with Gasteiger partial charge < -0.3 is 13.9 Å². The van der Waals surface area contributed by atoms with Gasteiger partial charge in [-0.1, -0.05) is 43.3 Å². The fraction of sp³-hybridized carbons (Fsp3) is 0.192. The van der Waals surface area contributed by atoms with Crippen molar-refractivity contribution in [1.82, 2.24) is 0 Å². The number of rotatable bonds is 6. The molecule has 0 saturated heterocycles. The molecule has 0 saturated carbocycles. The molecule has 1 heterocycles. The number of hydrogen-bond donors (Lipinski definition) is 0. The van der Waals surface area contributed by atoms with Gasteiger partial charge >= 0.3 is 6.18 Å². The van der Waals surface area contributed by atoms with Gasteiger partial charge in [-0.3, -0.25) is 4.79 Å². The fourth-order valence-electron chi connectivity index (χ4n) is 3.37. The van der Waals surface area contributed by atoms with E-state index >= 15 is 0 Å². The highest BCUT2D eigenvalue weighted by Gasteiger charge is 2.40. The molecular formula is C26H21F3O4. The quantitative estimate of drug-likeness (QED) is 0.313. The Kier molecular flexibility index (Phi) is 6.14. The van der Waals surface area contributed by atoms with Crippen LogP contribution in [0.3, 0.4) is 0 Å². The minimum atomic E-state index is -4.93. The molecular weight excluding hydrogens is 433 g/mol. The zero-order valence-electron chi connectivity index (χ0n) is 18.0. The summed E-state index contributed by atoms with van der Waals surface area (Å²) in [6, 6.07) is 18.3. The van der Waals surface area contributed by atoms with Crippen LogP contribution in [0.15, 0.2) is 75.9 Å². The number of alkyl halides is 3. The Bertz CT molecular complexity index is 1340. The summed E-state index contributed by atoms with van der Waals surface area (Å²) in [6.07, 6.45) is -4.16. The number of ether oxygens (including phenoxy) is 2. The van der Waals surface area contributed by atoms with Crippen LogP contribution in [0.5, 0.6) is 17.2 Å². The Morgan fingerprint density at radius 3 is 2.30 bits per heavy atom. The second kappa shape index (κ2) is 9.02. The molecule has 0 radical (unpaired) electrons. The first-order valence-electron chi connectivity index (χ1n) is 10.4. The van der Waals surface area contributed by atoms with Gasteiger partial charge in [0, 0.05) is 6.07 Å². The van der Waals surface area contributed by atoms with Gasteiger partial charge in [-0.15, -0.1) is 0 Å². The van der Waals surface area contributed by atoms with Crippen molar-refractivity contribution in [3.63, 3.8) is 0 Å². The first-order valence-corrected chi connectivity index (χ1v) is 10.4. The molecule has 4 aromatic rings. The van der Waals surface area contributed by atoms with Gasteiger partial charge in [0.05, 0.1) is 5.39 Å². The van der Waals surface area contributed by atoms with Crippen molar-refractivity contribution >= 4 is 11.0 Å². The van der Waals surface area contributed by atoms with Crippen LogP contribution in [0.1, 0.15) is 29.4 Å². The molecule has 33 heavy (non-hydrogen) atoms. The van der Waals surface area contributed by atoms with E-state index in [4.69, 9.17) is 13.9 Å². The minimum Gasteiger partial charge on any atom is -0.489 e. The SMILES string of the molecule is CCc1ccc(Oc2c(C(F)(F)F)oc3cc(OCc4ccccc4C)ccc3c2=O)cc1. The van der Waals surface area contributed by atoms with Crippen molar-refractivity contribution in [1.29, 1.82) is 0 Å². The highest BCUT2D eigenvalue weighted by Crippen LogP contribution is 2.38. The predicted molar refractivity (Wildman–Crippen MR) is 119 cm³/mol. The van der Waals surface area contributed by atoms with Crippen molar-refractivity contribution in [2.45, 2.75) is 33.1 Å². The summed E-state index contributed by atoms with van der Waals surface area (Å²) in [5.41, 5.74) is 1.81. The lowest BCUT2D eigenvalue weighted by Crippen LogP contribution is -2.15. The van der Waals surface area contributed by atoms with Crippen LogP contribution >= 0.6 is 0 Å². The van der Waals surface area contributed by atoms with Crippen LogP contribution in [0.25, 0.3) is 11.0 Å². The minimum absolute atomic E-state index is 0.0357. The Morgan fingerprint density at radius 2 is 1.64 bits per heavy atom. The van der Waals surface area contributed by atoms with Crippen LogP contribution in [0, 0.1) is 6.92 Å². The van der Waals surface area contributed by atoms with E-state index in [1.807, 2.05) is 38.1 Å². The molecule has 0 aliphatic rings. The first kappa shape index (κ1) is 22.5. The summed E-state index contributed by atoms with van der Waals surface area (Å²) in [4.78, 5) is 12.9. The second-order valence-corrected chi connectivity index (χ2v) is 7.56. The van der Waals surface area contributed by atoms with Crippen LogP contribution < -0.4 is 14.9 Å². The smallest absolute Gasteiger partial charge is 0.453 e. The number of benzene rings is 3. The maximum Gasteiger partial charge on any atom is 0.453 e. The van der Waals surface area contributed by atoms with Crippen LogP contribution in [0.2, 0.25) is 0 Å². The Morgan fingerprint density at radius 1 is 0.939 bits per heavy atom. The third-order valence-corrected chi connectivity index (χ3v) is 5.29. The largest absolute Gasteiger partial charge is 0.489 e. The lowest BCUT2D eigenvalue weighted by molar-refractivity contribution is -0.154. The Balaban J connectivity index is 1.71. The molecule has 170 valence electrons. The molecule has 0 unspecified atom stereocenters. The van der Waals surface area contributed by atoms with E-state index in [1.165, 1.54) is 30.3 Å². The van der Waals surface area contributed by atoms with E-state index < -0.39 is 23.1 Å². The summed E-state index contributed by atoms with van der Waals surface area (Å²) >= 11 is 0. The van der Waals surface area contributed by atoms with E-state index in [1.54, 1.807) is 12.1 Å². The first-order chi connectivity index (χ1) is 15.8. The average molecular weight is 454 g/mol. The number of halogens is 3. The van der Waals surface area contributed by atoms with Crippen molar-refractivity contribution in [2.75, 3.05) is 0 Å². The van der Waals surface area contributed by atoms with Gasteiger partial charge in [0.1, 0.15) is 23.7 Å². The third-order valence-electron chi connectivity index (χ3n) is 5.29. The van der Waals surface area contributed by atoms with Gasteiger partial charge in [-0.2, -0.15) is 13.2 Å². The molecule has 0 fully saturated rings. The molecule has 7 heteroatoms. The molecule has 0 atom stereocenters. The normalized spacial score (nSPS) is 11.5. The molecule has 0 amide bonds. The van der Waals surface area contributed by atoms with Gasteiger partial charge in [0.25, 0.3) is 5.76 Å². The molecule has 0 spiro atoms. The Labute approximate surface area is 188 Å². The second-order valence-electron chi connectivity index (χ2n) is 7.56. The molecule has 4 nitrogen and oxygen atoms in total. The van der Waals surface area contributed by atoms with Crippen LogP contribution in [-0.4, -0.2) is 0 Å². The van der Waals surface area contributed by atoms with E-state index in [-0.39, 0.29) is 29.1 Å². The molecule has 0 aliphatic carbocycles. The molecule has 4 rings (SSSR count). The summed E-state index contributed by atoms with van der Waals surface area (Å²) in [5, 5.41) is -0.0357. The lowest BCUT2D eigenvalue weighted by Gasteiger charge is -2.14. The number of aryl methyl sites for hydroxylation is 2. The Hall–Kier alpha value is -3.74. The zero-order chi connectivity index (χ0) is 23.6. The lowest BCUT2D eigenvalue weighted by atomic mass is 10.1. The van der Waals surface area contributed by atoms with Gasteiger partial charge in [0.15, 0.2) is 0 Å². The third kappa shape index (κ3) is 4.87. The van der Waals surface area contributed by atoms with E-state index in [0.29, 0.717) is 0 Å². The standard InChI is InChI=1S/C26H21F3O4/c1-3-17-8-10-19(11-9-17)32-24-23(30)21-13-12-20(14-22(21)33-25(24)26(27,28)29)31-15-18-7-5-4-6-16(18)2/h4-14H,3,15H2,1-2H3. The summed E-state index contributed by atoms with van der Waals surface area (Å²) in [6.45, 7) is 4.11. The zero-order valence-corrected chi connectivity index (χ0v) is 18.0. The predicted octanol–water partition coefficient (Wildman–Crippen LogP) is 7.05. The van der Waals surface area contributed by atoms with Gasteiger partial charge in [-0.25, -0.2) is 0 Å². The van der Waals surface area contributed by atoms with Crippen molar-refractivity contribution < 1.29 is 27.1 Å². The number of fused-ring (bicyclic) bond motifs is 1. The van der Waals surface area contributed by atoms with Crippen molar-refractivity contribution in [2.24, 2.45) is 0 Å². The van der Waals surface area contributed by atoms with Gasteiger partial charge in [-0.05, 0) is 54.3 Å². The van der Waals surface area contributed by atoms with E-state index in [2.05, 4.69) is 0 Å². The van der Waals surface area contributed by atoms with Crippen molar-refractivity contribution in [3.05, 3.63) is 99.4 Å². The maximum atomic E-state index is 13.7. The highest BCUT2D eigenvalue weighted by molar-refractivity contribution is 5.79. The summed E-state index contributed by atoms with van der Waals surface area (Å²) < 4.78 is 57.5. The van der Waals surface area contributed by atoms with Crippen LogP contribution in [-0.2, 0) is 19.2 Å².